The average molecular weight is 408 g/mol. The predicted octanol–water partition coefficient (Wildman–Crippen LogP) is 2.28. The molecule has 0 unspecified atom stereocenters. The molecule has 1 aromatic carbocycles. The summed E-state index contributed by atoms with van der Waals surface area (Å²) in [5, 5.41) is 3.39. The summed E-state index contributed by atoms with van der Waals surface area (Å²) in [6.45, 7) is 0.829. The van der Waals surface area contributed by atoms with E-state index in [2.05, 4.69) is 10.3 Å². The molecule has 9 heteroatoms. The average Bonchev–Trinajstić information content (AvgIpc) is 3.15. The second-order valence-electron chi connectivity index (χ2n) is 5.78. The molecule has 0 atom stereocenters. The van der Waals surface area contributed by atoms with Gasteiger partial charge in [-0.2, -0.15) is 0 Å². The first-order valence-corrected chi connectivity index (χ1v) is 10.4. The van der Waals surface area contributed by atoms with E-state index >= 15 is 0 Å². The number of anilines is 1. The van der Waals surface area contributed by atoms with Gasteiger partial charge in [-0.15, -0.1) is 11.8 Å². The second kappa shape index (κ2) is 9.29. The van der Waals surface area contributed by atoms with Crippen LogP contribution in [0.15, 0.2) is 39.1 Å². The Labute approximate surface area is 165 Å². The summed E-state index contributed by atoms with van der Waals surface area (Å²) >= 11 is 2.81. The standard InChI is InChI=1S/C18H21N3O4S2/c1-24-9-8-21-17(23)16-14(7-10-26-16)20-18(21)27-11-15(22)19-12-3-5-13(25-2)6-4-12/h3-6H,7-11H2,1-2H3,(H,19,22). The maximum Gasteiger partial charge on any atom is 0.268 e. The lowest BCUT2D eigenvalue weighted by molar-refractivity contribution is -0.113. The Balaban J connectivity index is 1.69. The highest BCUT2D eigenvalue weighted by molar-refractivity contribution is 8.00. The lowest BCUT2D eigenvalue weighted by Gasteiger charge is -2.13. The van der Waals surface area contributed by atoms with E-state index < -0.39 is 0 Å². The van der Waals surface area contributed by atoms with E-state index in [1.807, 2.05) is 0 Å². The van der Waals surface area contributed by atoms with Crippen molar-refractivity contribution >= 4 is 35.1 Å². The largest absolute Gasteiger partial charge is 0.497 e. The van der Waals surface area contributed by atoms with Gasteiger partial charge in [0.05, 0.1) is 36.6 Å². The van der Waals surface area contributed by atoms with Gasteiger partial charge in [-0.25, -0.2) is 4.98 Å². The Bertz CT molecular complexity index is 868. The van der Waals surface area contributed by atoms with Crippen molar-refractivity contribution in [3.8, 4) is 5.75 Å². The van der Waals surface area contributed by atoms with Crippen molar-refractivity contribution in [3.63, 3.8) is 0 Å². The Morgan fingerprint density at radius 1 is 1.33 bits per heavy atom. The van der Waals surface area contributed by atoms with Crippen LogP contribution in [0, 0.1) is 0 Å². The number of amides is 1. The molecular formula is C18H21N3O4S2. The number of aromatic nitrogens is 2. The van der Waals surface area contributed by atoms with Gasteiger partial charge in [-0.05, 0) is 24.3 Å². The van der Waals surface area contributed by atoms with Crippen LogP contribution >= 0.6 is 23.5 Å². The van der Waals surface area contributed by atoms with Crippen LogP contribution in [-0.4, -0.2) is 47.8 Å². The van der Waals surface area contributed by atoms with Gasteiger partial charge in [0.1, 0.15) is 5.75 Å². The third-order valence-corrected chi connectivity index (χ3v) is 6.06. The van der Waals surface area contributed by atoms with E-state index in [1.54, 1.807) is 54.8 Å². The van der Waals surface area contributed by atoms with Crippen LogP contribution in [0.25, 0.3) is 0 Å². The highest BCUT2D eigenvalue weighted by Crippen LogP contribution is 2.28. The van der Waals surface area contributed by atoms with Crippen LogP contribution < -0.4 is 15.6 Å². The van der Waals surface area contributed by atoms with Crippen molar-refractivity contribution in [2.24, 2.45) is 0 Å². The van der Waals surface area contributed by atoms with Crippen LogP contribution in [0.4, 0.5) is 5.69 Å². The summed E-state index contributed by atoms with van der Waals surface area (Å²) in [5.74, 6) is 1.60. The van der Waals surface area contributed by atoms with E-state index in [0.717, 1.165) is 28.5 Å². The molecule has 7 nitrogen and oxygen atoms in total. The van der Waals surface area contributed by atoms with Gasteiger partial charge >= 0.3 is 0 Å². The lowest BCUT2D eigenvalue weighted by Crippen LogP contribution is -2.27. The van der Waals surface area contributed by atoms with Crippen LogP contribution in [-0.2, 0) is 22.5 Å². The Kier molecular flexibility index (Phi) is 6.81. The van der Waals surface area contributed by atoms with E-state index in [4.69, 9.17) is 9.47 Å². The normalized spacial score (nSPS) is 12.7. The number of aryl methyl sites for hydroxylation is 1. The summed E-state index contributed by atoms with van der Waals surface area (Å²) in [6, 6.07) is 7.12. The van der Waals surface area contributed by atoms with Gasteiger partial charge < -0.3 is 14.8 Å². The first-order valence-electron chi connectivity index (χ1n) is 8.44. The molecule has 1 N–H and O–H groups in total. The molecule has 2 aromatic rings. The van der Waals surface area contributed by atoms with Gasteiger partial charge in [0.2, 0.25) is 5.91 Å². The highest BCUT2D eigenvalue weighted by atomic mass is 32.2. The van der Waals surface area contributed by atoms with Crippen molar-refractivity contribution in [1.82, 2.24) is 9.55 Å². The molecule has 144 valence electrons. The third-order valence-electron chi connectivity index (χ3n) is 3.97. The van der Waals surface area contributed by atoms with Crippen molar-refractivity contribution in [3.05, 3.63) is 40.3 Å². The van der Waals surface area contributed by atoms with Gasteiger partial charge in [0.15, 0.2) is 5.16 Å². The number of benzene rings is 1. The molecule has 27 heavy (non-hydrogen) atoms. The molecule has 3 rings (SSSR count). The van der Waals surface area contributed by atoms with Crippen LogP contribution in [0.1, 0.15) is 5.69 Å². The number of carbonyl (C=O) groups is 1. The topological polar surface area (TPSA) is 82.4 Å². The van der Waals surface area contributed by atoms with Gasteiger partial charge in [0, 0.05) is 25.0 Å². The zero-order valence-corrected chi connectivity index (χ0v) is 16.8. The van der Waals surface area contributed by atoms with Crippen LogP contribution in [0.2, 0.25) is 0 Å². The molecule has 0 aliphatic carbocycles. The summed E-state index contributed by atoms with van der Waals surface area (Å²) in [5.41, 5.74) is 1.48. The molecule has 0 saturated heterocycles. The number of methoxy groups -OCH3 is 2. The smallest absolute Gasteiger partial charge is 0.268 e. The number of nitrogens with zero attached hydrogens (tertiary/aromatic N) is 2. The monoisotopic (exact) mass is 407 g/mol. The number of fused-ring (bicyclic) bond motifs is 1. The lowest BCUT2D eigenvalue weighted by atomic mass is 10.3. The third kappa shape index (κ3) is 4.85. The zero-order chi connectivity index (χ0) is 19.2. The molecule has 0 bridgehead atoms. The van der Waals surface area contributed by atoms with E-state index in [0.29, 0.717) is 24.0 Å². The maximum atomic E-state index is 12.7. The molecule has 2 heterocycles. The molecule has 1 aromatic heterocycles. The maximum absolute atomic E-state index is 12.7. The number of hydrogen-bond donors (Lipinski definition) is 1. The van der Waals surface area contributed by atoms with E-state index in [1.165, 1.54) is 11.8 Å². The molecule has 0 spiro atoms. The molecule has 0 saturated carbocycles. The zero-order valence-electron chi connectivity index (χ0n) is 15.2. The molecule has 1 amide bonds. The summed E-state index contributed by atoms with van der Waals surface area (Å²) in [4.78, 5) is 30.3. The van der Waals surface area contributed by atoms with Gasteiger partial charge in [-0.1, -0.05) is 11.8 Å². The Morgan fingerprint density at radius 3 is 2.81 bits per heavy atom. The molecule has 0 fully saturated rings. The fourth-order valence-electron chi connectivity index (χ4n) is 2.62. The molecular weight excluding hydrogens is 386 g/mol. The highest BCUT2D eigenvalue weighted by Gasteiger charge is 2.22. The Morgan fingerprint density at radius 2 is 2.11 bits per heavy atom. The fourth-order valence-corrected chi connectivity index (χ4v) is 4.50. The minimum absolute atomic E-state index is 0.0439. The number of hydrogen-bond acceptors (Lipinski definition) is 7. The predicted molar refractivity (Wildman–Crippen MR) is 107 cm³/mol. The number of thioether (sulfide) groups is 2. The second-order valence-corrected chi connectivity index (χ2v) is 7.83. The van der Waals surface area contributed by atoms with Crippen molar-refractivity contribution in [2.45, 2.75) is 23.0 Å². The SMILES string of the molecule is COCCn1c(SCC(=O)Nc2ccc(OC)cc2)nc2c(c1=O)SCC2. The quantitative estimate of drug-likeness (QED) is 0.531. The molecule has 1 aliphatic rings. The van der Waals surface area contributed by atoms with Crippen molar-refractivity contribution in [2.75, 3.05) is 37.6 Å². The van der Waals surface area contributed by atoms with E-state index in [9.17, 15) is 9.59 Å². The summed E-state index contributed by atoms with van der Waals surface area (Å²) in [6.07, 6.45) is 0.784. The number of ether oxygens (including phenoxy) is 2. The molecule has 1 aliphatic heterocycles. The summed E-state index contributed by atoms with van der Waals surface area (Å²) < 4.78 is 11.8. The van der Waals surface area contributed by atoms with Crippen LogP contribution in [0.3, 0.4) is 0 Å². The fraction of sp³-hybridized carbons (Fsp3) is 0.389. The first kappa shape index (κ1) is 19.8. The first-order chi connectivity index (χ1) is 13.1. The molecule has 0 radical (unpaired) electrons. The minimum atomic E-state index is -0.160. The number of nitrogens with one attached hydrogen (secondary N) is 1. The van der Waals surface area contributed by atoms with Gasteiger partial charge in [0.25, 0.3) is 5.56 Å². The van der Waals surface area contributed by atoms with Crippen LogP contribution in [0.5, 0.6) is 5.75 Å². The summed E-state index contributed by atoms with van der Waals surface area (Å²) in [7, 11) is 3.19. The van der Waals surface area contributed by atoms with E-state index in [-0.39, 0.29) is 17.2 Å². The number of rotatable bonds is 8. The van der Waals surface area contributed by atoms with Crippen molar-refractivity contribution in [1.29, 1.82) is 0 Å². The number of carbonyl (C=O) groups excluding carboxylic acids is 1. The Hall–Kier alpha value is -1.97. The minimum Gasteiger partial charge on any atom is -0.497 e. The van der Waals surface area contributed by atoms with Gasteiger partial charge in [-0.3, -0.25) is 14.2 Å². The van der Waals surface area contributed by atoms with Crippen molar-refractivity contribution < 1.29 is 14.3 Å².